The largest absolute Gasteiger partial charge is 0.491 e. The van der Waals surface area contributed by atoms with Crippen molar-refractivity contribution in [2.45, 2.75) is 17.7 Å². The zero-order valence-electron chi connectivity index (χ0n) is 10.6. The van der Waals surface area contributed by atoms with E-state index in [2.05, 4.69) is 0 Å². The Morgan fingerprint density at radius 3 is 2.56 bits per heavy atom. The smallest absolute Gasteiger partial charge is 0.242 e. The molecule has 2 rings (SSSR count). The molecule has 0 atom stereocenters. The van der Waals surface area contributed by atoms with E-state index in [0.29, 0.717) is 24.0 Å². The van der Waals surface area contributed by atoms with Gasteiger partial charge in [0.1, 0.15) is 5.75 Å². The molecule has 0 saturated heterocycles. The van der Waals surface area contributed by atoms with Crippen molar-refractivity contribution in [1.82, 2.24) is 4.31 Å². The van der Waals surface area contributed by atoms with E-state index in [4.69, 9.17) is 10.5 Å². The summed E-state index contributed by atoms with van der Waals surface area (Å²) < 4.78 is 30.5. The summed E-state index contributed by atoms with van der Waals surface area (Å²) in [4.78, 5) is 0.184. The van der Waals surface area contributed by atoms with Crippen LogP contribution in [0.15, 0.2) is 23.1 Å². The Kier molecular flexibility index (Phi) is 3.49. The average molecular weight is 270 g/mol. The second-order valence-corrected chi connectivity index (χ2v) is 6.89. The van der Waals surface area contributed by atoms with Crippen molar-refractivity contribution in [3.05, 3.63) is 18.2 Å². The maximum absolute atomic E-state index is 11.9. The van der Waals surface area contributed by atoms with Gasteiger partial charge in [0.05, 0.1) is 17.2 Å². The molecule has 1 aliphatic carbocycles. The van der Waals surface area contributed by atoms with Gasteiger partial charge >= 0.3 is 0 Å². The predicted molar refractivity (Wildman–Crippen MR) is 69.9 cm³/mol. The number of sulfonamides is 1. The summed E-state index contributed by atoms with van der Waals surface area (Å²) in [7, 11) is -0.459. The van der Waals surface area contributed by atoms with E-state index in [-0.39, 0.29) is 4.90 Å². The van der Waals surface area contributed by atoms with Crippen LogP contribution in [0, 0.1) is 5.92 Å². The first-order chi connectivity index (χ1) is 8.41. The van der Waals surface area contributed by atoms with Crippen LogP contribution in [0.1, 0.15) is 12.8 Å². The molecule has 0 unspecified atom stereocenters. The average Bonchev–Trinajstić information content (AvgIpc) is 3.11. The summed E-state index contributed by atoms with van der Waals surface area (Å²) in [6.45, 7) is 0.657. The van der Waals surface area contributed by atoms with Crippen LogP contribution in [-0.2, 0) is 10.0 Å². The van der Waals surface area contributed by atoms with Crippen LogP contribution in [0.4, 0.5) is 5.69 Å². The van der Waals surface area contributed by atoms with Gasteiger partial charge in [-0.25, -0.2) is 12.7 Å². The SMILES string of the molecule is CN(C)S(=O)(=O)c1ccc(OCC2CC2)c(N)c1. The fourth-order valence-electron chi connectivity index (χ4n) is 1.52. The molecule has 0 bridgehead atoms. The number of nitrogens with two attached hydrogens (primary N) is 1. The summed E-state index contributed by atoms with van der Waals surface area (Å²) in [6.07, 6.45) is 2.40. The van der Waals surface area contributed by atoms with Gasteiger partial charge in [-0.1, -0.05) is 0 Å². The van der Waals surface area contributed by atoms with Gasteiger partial charge < -0.3 is 10.5 Å². The molecule has 0 amide bonds. The van der Waals surface area contributed by atoms with Gasteiger partial charge in [-0.05, 0) is 37.0 Å². The Bertz CT molecular complexity index is 536. The number of nitrogens with zero attached hydrogens (tertiary/aromatic N) is 1. The summed E-state index contributed by atoms with van der Waals surface area (Å²) in [5.41, 5.74) is 6.18. The standard InChI is InChI=1S/C12H18N2O3S/c1-14(2)18(15,16)10-5-6-12(11(13)7-10)17-8-9-3-4-9/h5-7,9H,3-4,8,13H2,1-2H3. The second-order valence-electron chi connectivity index (χ2n) is 4.74. The lowest BCUT2D eigenvalue weighted by Gasteiger charge is -2.13. The molecule has 18 heavy (non-hydrogen) atoms. The lowest BCUT2D eigenvalue weighted by Crippen LogP contribution is -2.22. The van der Waals surface area contributed by atoms with Crippen LogP contribution in [-0.4, -0.2) is 33.4 Å². The molecule has 0 aliphatic heterocycles. The monoisotopic (exact) mass is 270 g/mol. The van der Waals surface area contributed by atoms with E-state index >= 15 is 0 Å². The van der Waals surface area contributed by atoms with E-state index in [9.17, 15) is 8.42 Å². The predicted octanol–water partition coefficient (Wildman–Crippen LogP) is 1.31. The number of nitrogen functional groups attached to an aromatic ring is 1. The normalized spacial score (nSPS) is 15.9. The molecule has 5 nitrogen and oxygen atoms in total. The Morgan fingerprint density at radius 2 is 2.06 bits per heavy atom. The zero-order chi connectivity index (χ0) is 13.3. The van der Waals surface area contributed by atoms with E-state index in [0.717, 1.165) is 4.31 Å². The van der Waals surface area contributed by atoms with E-state index < -0.39 is 10.0 Å². The highest BCUT2D eigenvalue weighted by atomic mass is 32.2. The molecule has 100 valence electrons. The quantitative estimate of drug-likeness (QED) is 0.819. The van der Waals surface area contributed by atoms with Crippen LogP contribution < -0.4 is 10.5 Å². The summed E-state index contributed by atoms with van der Waals surface area (Å²) in [5, 5.41) is 0. The van der Waals surface area contributed by atoms with Crippen molar-refractivity contribution in [2.75, 3.05) is 26.4 Å². The topological polar surface area (TPSA) is 72.6 Å². The third-order valence-electron chi connectivity index (χ3n) is 2.93. The molecule has 1 aliphatic rings. The maximum atomic E-state index is 11.9. The molecule has 6 heteroatoms. The molecule has 0 aromatic heterocycles. The minimum atomic E-state index is -3.44. The van der Waals surface area contributed by atoms with Crippen molar-refractivity contribution >= 4 is 15.7 Å². The third-order valence-corrected chi connectivity index (χ3v) is 4.74. The van der Waals surface area contributed by atoms with Gasteiger partial charge in [0, 0.05) is 14.1 Å². The third kappa shape index (κ3) is 2.76. The summed E-state index contributed by atoms with van der Waals surface area (Å²) in [5.74, 6) is 1.19. The minimum Gasteiger partial charge on any atom is -0.491 e. The molecule has 2 N–H and O–H groups in total. The van der Waals surface area contributed by atoms with E-state index in [1.807, 2.05) is 0 Å². The number of benzene rings is 1. The van der Waals surface area contributed by atoms with E-state index in [1.54, 1.807) is 6.07 Å². The van der Waals surface area contributed by atoms with Crippen molar-refractivity contribution < 1.29 is 13.2 Å². The lowest BCUT2D eigenvalue weighted by molar-refractivity contribution is 0.301. The Balaban J connectivity index is 2.18. The summed E-state index contributed by atoms with van der Waals surface area (Å²) in [6, 6.07) is 4.58. The molecule has 1 saturated carbocycles. The highest BCUT2D eigenvalue weighted by Crippen LogP contribution is 2.32. The van der Waals surface area contributed by atoms with Crippen molar-refractivity contribution in [3.63, 3.8) is 0 Å². The Morgan fingerprint density at radius 1 is 1.39 bits per heavy atom. The van der Waals surface area contributed by atoms with Crippen molar-refractivity contribution in [1.29, 1.82) is 0 Å². The van der Waals surface area contributed by atoms with E-state index in [1.165, 1.54) is 39.1 Å². The van der Waals surface area contributed by atoms with Crippen LogP contribution in [0.25, 0.3) is 0 Å². The van der Waals surface area contributed by atoms with Gasteiger partial charge in [-0.15, -0.1) is 0 Å². The molecule has 0 spiro atoms. The highest BCUT2D eigenvalue weighted by Gasteiger charge is 2.23. The Hall–Kier alpha value is -1.27. The minimum absolute atomic E-state index is 0.184. The zero-order valence-corrected chi connectivity index (χ0v) is 11.4. The number of hydrogen-bond acceptors (Lipinski definition) is 4. The molecular formula is C12H18N2O3S. The number of anilines is 1. The first-order valence-electron chi connectivity index (χ1n) is 5.86. The van der Waals surface area contributed by atoms with Gasteiger partial charge in [0.2, 0.25) is 10.0 Å². The summed E-state index contributed by atoms with van der Waals surface area (Å²) >= 11 is 0. The molecule has 1 fully saturated rings. The highest BCUT2D eigenvalue weighted by molar-refractivity contribution is 7.89. The Labute approximate surface area is 108 Å². The fourth-order valence-corrected chi connectivity index (χ4v) is 2.46. The second kappa shape index (κ2) is 4.78. The van der Waals surface area contributed by atoms with Crippen LogP contribution in [0.5, 0.6) is 5.75 Å². The van der Waals surface area contributed by atoms with Gasteiger partial charge in [-0.3, -0.25) is 0 Å². The van der Waals surface area contributed by atoms with Crippen molar-refractivity contribution in [3.8, 4) is 5.75 Å². The molecule has 0 heterocycles. The molecule has 1 aromatic rings. The van der Waals surface area contributed by atoms with Gasteiger partial charge in [0.25, 0.3) is 0 Å². The number of hydrogen-bond donors (Lipinski definition) is 1. The molecule has 1 aromatic carbocycles. The number of ether oxygens (including phenoxy) is 1. The number of rotatable bonds is 5. The lowest BCUT2D eigenvalue weighted by atomic mass is 10.3. The van der Waals surface area contributed by atoms with Crippen LogP contribution >= 0.6 is 0 Å². The van der Waals surface area contributed by atoms with Gasteiger partial charge in [-0.2, -0.15) is 0 Å². The molecule has 0 radical (unpaired) electrons. The van der Waals surface area contributed by atoms with Crippen LogP contribution in [0.3, 0.4) is 0 Å². The van der Waals surface area contributed by atoms with Gasteiger partial charge in [0.15, 0.2) is 0 Å². The molecular weight excluding hydrogens is 252 g/mol. The fraction of sp³-hybridized carbons (Fsp3) is 0.500. The first-order valence-corrected chi connectivity index (χ1v) is 7.30. The van der Waals surface area contributed by atoms with Crippen LogP contribution in [0.2, 0.25) is 0 Å². The first kappa shape index (κ1) is 13.2. The van der Waals surface area contributed by atoms with Crippen molar-refractivity contribution in [2.24, 2.45) is 5.92 Å². The maximum Gasteiger partial charge on any atom is 0.242 e.